The molecular formula is C44H52Cl2N10O6S2. The van der Waals surface area contributed by atoms with Gasteiger partial charge in [0, 0.05) is 54.4 Å². The Morgan fingerprint density at radius 3 is 1.70 bits per heavy atom. The number of rotatable bonds is 8. The molecule has 20 heteroatoms. The van der Waals surface area contributed by atoms with E-state index in [9.17, 15) is 9.59 Å². The third-order valence-corrected chi connectivity index (χ3v) is 11.9. The number of fused-ring (bicyclic) bond motifs is 2. The second-order valence-electron chi connectivity index (χ2n) is 17.8. The van der Waals surface area contributed by atoms with Crippen molar-refractivity contribution in [3.8, 4) is 42.9 Å². The van der Waals surface area contributed by atoms with E-state index in [1.807, 2.05) is 112 Å². The van der Waals surface area contributed by atoms with Crippen molar-refractivity contribution >= 4 is 58.1 Å². The molecule has 0 atom stereocenters. The molecule has 340 valence electrons. The Hall–Kier alpha value is -5.30. The van der Waals surface area contributed by atoms with E-state index < -0.39 is 11.2 Å². The zero-order chi connectivity index (χ0) is 46.1. The van der Waals surface area contributed by atoms with Gasteiger partial charge in [-0.3, -0.25) is 0 Å². The van der Waals surface area contributed by atoms with Gasteiger partial charge in [-0.05, 0) is 106 Å². The lowest BCUT2D eigenvalue weighted by Crippen LogP contribution is -2.40. The van der Waals surface area contributed by atoms with Gasteiger partial charge in [0.1, 0.15) is 32.7 Å². The van der Waals surface area contributed by atoms with Crippen LogP contribution in [-0.2, 0) is 35.4 Å². The standard InChI is InChI=1S/2C22H26ClN5O3S/c1-13(2)30-18-7-6-14(10-16(18)23)19-24-25-20(32-19)28-12-15-11-27(9-8-17(15)26-28)21(29)31-22(3,4)5;1-13(2)30-18-7-6-14(10-16(18)23)19-25-26-20(32-19)28-17-8-9-27(12-15(17)11-24-28)21(29)31-22(3,4)5/h6-7,10,12-13H,8-9,11H2,1-5H3;6-7,10-11,13H,8-9,12H2,1-5H3. The molecule has 16 nitrogen and oxygen atoms in total. The molecule has 4 aromatic heterocycles. The first kappa shape index (κ1) is 46.7. The molecule has 2 aliphatic rings. The highest BCUT2D eigenvalue weighted by molar-refractivity contribution is 7.17. The first-order valence-electron chi connectivity index (χ1n) is 20.9. The number of carbonyl (C=O) groups is 2. The quantitative estimate of drug-likeness (QED) is 0.142. The van der Waals surface area contributed by atoms with Crippen LogP contribution in [0.2, 0.25) is 10.0 Å². The Bertz CT molecular complexity index is 2600. The number of hydrogen-bond donors (Lipinski definition) is 0. The zero-order valence-corrected chi connectivity index (χ0v) is 40.7. The van der Waals surface area contributed by atoms with Gasteiger partial charge in [0.2, 0.25) is 10.3 Å². The molecule has 0 aliphatic carbocycles. The third-order valence-electron chi connectivity index (χ3n) is 9.38. The molecule has 0 bridgehead atoms. The summed E-state index contributed by atoms with van der Waals surface area (Å²) in [5, 5.41) is 30.3. The summed E-state index contributed by atoms with van der Waals surface area (Å²) < 4.78 is 25.9. The Morgan fingerprint density at radius 2 is 1.19 bits per heavy atom. The maximum absolute atomic E-state index is 12.4. The van der Waals surface area contributed by atoms with Gasteiger partial charge in [-0.1, -0.05) is 45.9 Å². The van der Waals surface area contributed by atoms with Gasteiger partial charge in [-0.2, -0.15) is 10.2 Å². The van der Waals surface area contributed by atoms with Crippen LogP contribution in [0.15, 0.2) is 48.8 Å². The molecule has 0 saturated heterocycles. The summed E-state index contributed by atoms with van der Waals surface area (Å²) in [5.41, 5.74) is 4.65. The van der Waals surface area contributed by atoms with Crippen LogP contribution >= 0.6 is 45.9 Å². The van der Waals surface area contributed by atoms with E-state index in [4.69, 9.17) is 42.1 Å². The van der Waals surface area contributed by atoms with Crippen molar-refractivity contribution in [1.82, 2.24) is 49.8 Å². The van der Waals surface area contributed by atoms with Crippen LogP contribution in [0, 0.1) is 0 Å². The van der Waals surface area contributed by atoms with Gasteiger partial charge in [0.05, 0.1) is 52.9 Å². The summed E-state index contributed by atoms with van der Waals surface area (Å²) >= 11 is 15.6. The SMILES string of the molecule is CC(C)Oc1ccc(-c2nnc(-n3cc4c(n3)CCN(C(=O)OC(C)(C)C)C4)s2)cc1Cl.CC(C)Oc1ccc(-c2nnc(-n3ncc4c3CCN(C(=O)OC(C)(C)C)C4)s2)cc1Cl. The molecule has 0 radical (unpaired) electrons. The van der Waals surface area contributed by atoms with Crippen LogP contribution in [0.3, 0.4) is 0 Å². The van der Waals surface area contributed by atoms with Gasteiger partial charge >= 0.3 is 12.2 Å². The van der Waals surface area contributed by atoms with Crippen molar-refractivity contribution in [1.29, 1.82) is 0 Å². The summed E-state index contributed by atoms with van der Waals surface area (Å²) in [4.78, 5) is 28.2. The van der Waals surface area contributed by atoms with Crippen LogP contribution in [0.5, 0.6) is 11.5 Å². The normalized spacial score (nSPS) is 13.9. The molecule has 0 fully saturated rings. The van der Waals surface area contributed by atoms with Gasteiger partial charge < -0.3 is 28.7 Å². The predicted molar refractivity (Wildman–Crippen MR) is 247 cm³/mol. The fourth-order valence-corrected chi connectivity index (χ4v) is 8.73. The van der Waals surface area contributed by atoms with Crippen molar-refractivity contribution < 1.29 is 28.5 Å². The Morgan fingerprint density at radius 1 is 0.688 bits per heavy atom. The molecule has 2 aromatic carbocycles. The monoisotopic (exact) mass is 950 g/mol. The van der Waals surface area contributed by atoms with E-state index in [0.717, 1.165) is 43.7 Å². The molecule has 0 N–H and O–H groups in total. The van der Waals surface area contributed by atoms with E-state index in [1.165, 1.54) is 22.7 Å². The second-order valence-corrected chi connectivity index (χ2v) is 20.5. The van der Waals surface area contributed by atoms with Crippen molar-refractivity contribution in [2.24, 2.45) is 0 Å². The summed E-state index contributed by atoms with van der Waals surface area (Å²) in [6.45, 7) is 21.1. The van der Waals surface area contributed by atoms with Crippen LogP contribution in [0.1, 0.15) is 91.8 Å². The van der Waals surface area contributed by atoms with Crippen LogP contribution < -0.4 is 9.47 Å². The molecule has 2 aliphatic heterocycles. The van der Waals surface area contributed by atoms with E-state index >= 15 is 0 Å². The average Bonchev–Trinajstić information content (AvgIpc) is 4.03. The van der Waals surface area contributed by atoms with Gasteiger partial charge in [0.15, 0.2) is 0 Å². The summed E-state index contributed by atoms with van der Waals surface area (Å²) in [7, 11) is 0. The molecule has 6 aromatic rings. The molecule has 0 unspecified atom stereocenters. The largest absolute Gasteiger partial charge is 0.489 e. The highest BCUT2D eigenvalue weighted by atomic mass is 35.5. The first-order valence-corrected chi connectivity index (χ1v) is 23.3. The van der Waals surface area contributed by atoms with E-state index in [-0.39, 0.29) is 24.4 Å². The van der Waals surface area contributed by atoms with Gasteiger partial charge in [0.25, 0.3) is 0 Å². The highest BCUT2D eigenvalue weighted by Crippen LogP contribution is 2.35. The van der Waals surface area contributed by atoms with E-state index in [2.05, 4.69) is 30.6 Å². The molecule has 0 saturated carbocycles. The smallest absolute Gasteiger partial charge is 0.410 e. The van der Waals surface area contributed by atoms with Gasteiger partial charge in [-0.25, -0.2) is 19.0 Å². The number of amides is 2. The maximum atomic E-state index is 12.4. The number of nitrogens with zero attached hydrogens (tertiary/aromatic N) is 10. The topological polar surface area (TPSA) is 165 Å². The number of halogens is 2. The van der Waals surface area contributed by atoms with E-state index in [0.29, 0.717) is 70.8 Å². The predicted octanol–water partition coefficient (Wildman–Crippen LogP) is 10.2. The lowest BCUT2D eigenvalue weighted by atomic mass is 10.1. The van der Waals surface area contributed by atoms with Crippen molar-refractivity contribution in [3.05, 3.63) is 81.4 Å². The number of aromatic nitrogens is 8. The lowest BCUT2D eigenvalue weighted by Gasteiger charge is -2.30. The number of ether oxygens (including phenoxy) is 4. The summed E-state index contributed by atoms with van der Waals surface area (Å²) in [6.07, 6.45) is 4.49. The van der Waals surface area contributed by atoms with Gasteiger partial charge in [-0.15, -0.1) is 20.4 Å². The second kappa shape index (κ2) is 19.0. The fraction of sp³-hybridized carbons (Fsp3) is 0.455. The Labute approximate surface area is 390 Å². The molecule has 64 heavy (non-hydrogen) atoms. The molecule has 2 amide bonds. The van der Waals surface area contributed by atoms with Crippen molar-refractivity contribution in [3.63, 3.8) is 0 Å². The molecule has 0 spiro atoms. The highest BCUT2D eigenvalue weighted by Gasteiger charge is 2.30. The van der Waals surface area contributed by atoms with Crippen LogP contribution in [0.25, 0.3) is 31.4 Å². The van der Waals surface area contributed by atoms with E-state index in [1.54, 1.807) is 25.4 Å². The summed E-state index contributed by atoms with van der Waals surface area (Å²) in [6, 6.07) is 11.2. The number of carbonyl (C=O) groups excluding carboxylic acids is 2. The zero-order valence-electron chi connectivity index (χ0n) is 37.5. The average molecular weight is 952 g/mol. The number of hydrogen-bond acceptors (Lipinski definition) is 14. The maximum Gasteiger partial charge on any atom is 0.410 e. The third kappa shape index (κ3) is 11.5. The number of benzene rings is 2. The minimum atomic E-state index is -0.521. The van der Waals surface area contributed by atoms with Crippen LogP contribution in [0.4, 0.5) is 9.59 Å². The minimum absolute atomic E-state index is 0.0450. The Balaban J connectivity index is 0.000000191. The van der Waals surface area contributed by atoms with Crippen molar-refractivity contribution in [2.45, 2.75) is 119 Å². The molecular weight excluding hydrogens is 900 g/mol. The minimum Gasteiger partial charge on any atom is -0.489 e. The summed E-state index contributed by atoms with van der Waals surface area (Å²) in [5.74, 6) is 1.29. The lowest BCUT2D eigenvalue weighted by molar-refractivity contribution is 0.0213. The fourth-order valence-electron chi connectivity index (χ4n) is 6.68. The molecule has 6 heterocycles. The molecule has 8 rings (SSSR count). The first-order chi connectivity index (χ1) is 30.2. The Kier molecular flexibility index (Phi) is 13.9. The van der Waals surface area contributed by atoms with Crippen LogP contribution in [-0.4, -0.2) is 98.4 Å². The van der Waals surface area contributed by atoms with Crippen molar-refractivity contribution in [2.75, 3.05) is 13.1 Å².